The van der Waals surface area contributed by atoms with Gasteiger partial charge in [-0.25, -0.2) is 22.7 Å². The van der Waals surface area contributed by atoms with E-state index in [0.29, 0.717) is 33.5 Å². The van der Waals surface area contributed by atoms with Crippen LogP contribution in [0.3, 0.4) is 0 Å². The molecule has 2 aromatic heterocycles. The maximum Gasteiger partial charge on any atom is 0.429 e. The minimum atomic E-state index is -2.50. The Morgan fingerprint density at radius 3 is 2.64 bits per heavy atom. The number of rotatable bonds is 8. The summed E-state index contributed by atoms with van der Waals surface area (Å²) in [6, 6.07) is 6.81. The van der Waals surface area contributed by atoms with Crippen LogP contribution in [0, 0.1) is 11.7 Å². The average Bonchev–Trinajstić information content (AvgIpc) is 3.35. The Kier molecular flexibility index (Phi) is 8.04. The second kappa shape index (κ2) is 10.6. The van der Waals surface area contributed by atoms with E-state index >= 15 is 4.39 Å². The summed E-state index contributed by atoms with van der Waals surface area (Å²) in [4.78, 5) is 17.5. The van der Waals surface area contributed by atoms with E-state index < -0.39 is 17.4 Å². The molecule has 0 saturated heterocycles. The number of nitrogens with zero attached hydrogens (tertiary/aromatic N) is 3. The zero-order chi connectivity index (χ0) is 24.3. The molecule has 1 unspecified atom stereocenters. The molecule has 2 heterocycles. The van der Waals surface area contributed by atoms with Crippen LogP contribution in [0.15, 0.2) is 36.7 Å². The number of carbonyl (C=O) groups is 1. The lowest BCUT2D eigenvalue weighted by molar-refractivity contribution is 0.186. The summed E-state index contributed by atoms with van der Waals surface area (Å²) < 4.78 is 43.3. The molecule has 1 N–H and O–H groups in total. The number of imidazole rings is 1. The Bertz CT molecular complexity index is 1160. The molecule has 0 aliphatic rings. The van der Waals surface area contributed by atoms with Crippen molar-refractivity contribution in [2.75, 3.05) is 7.05 Å². The molecule has 7 nitrogen and oxygen atoms in total. The summed E-state index contributed by atoms with van der Waals surface area (Å²) in [6.45, 7) is 8.58. The molecule has 0 aliphatic heterocycles. The molecule has 0 bridgehead atoms. The first-order valence-corrected chi connectivity index (χ1v) is 12.4. The lowest BCUT2D eigenvalue weighted by Crippen LogP contribution is -2.30. The van der Waals surface area contributed by atoms with Crippen molar-refractivity contribution in [1.82, 2.24) is 13.9 Å². The van der Waals surface area contributed by atoms with Gasteiger partial charge in [0, 0.05) is 41.4 Å². The summed E-state index contributed by atoms with van der Waals surface area (Å²) in [6.07, 6.45) is 3.34. The molecule has 1 amide bonds. The fraction of sp³-hybridized carbons (Fsp3) is 0.391. The lowest BCUT2D eigenvalue weighted by Gasteiger charge is -2.13. The first-order valence-electron chi connectivity index (χ1n) is 10.6. The first-order chi connectivity index (χ1) is 15.6. The molecule has 0 fully saturated rings. The molecule has 0 saturated carbocycles. The van der Waals surface area contributed by atoms with E-state index in [0.717, 1.165) is 24.2 Å². The minimum absolute atomic E-state index is 0.219. The van der Waals surface area contributed by atoms with E-state index in [1.165, 1.54) is 17.4 Å². The van der Waals surface area contributed by atoms with Crippen LogP contribution in [0.4, 0.5) is 9.18 Å². The highest BCUT2D eigenvalue weighted by molar-refractivity contribution is 7.77. The summed E-state index contributed by atoms with van der Waals surface area (Å²) in [5.74, 6) is 1.10. The highest BCUT2D eigenvalue weighted by Gasteiger charge is 2.22. The first kappa shape index (κ1) is 25.1. The van der Waals surface area contributed by atoms with Gasteiger partial charge < -0.3 is 9.30 Å². The van der Waals surface area contributed by atoms with Crippen LogP contribution in [-0.4, -0.2) is 35.8 Å². The van der Waals surface area contributed by atoms with Gasteiger partial charge in [0.2, 0.25) is 0 Å². The third kappa shape index (κ3) is 6.07. The molecule has 33 heavy (non-hydrogen) atoms. The van der Waals surface area contributed by atoms with Gasteiger partial charge in [-0.15, -0.1) is 11.3 Å². The quantitative estimate of drug-likeness (QED) is 0.408. The smallest absolute Gasteiger partial charge is 0.398 e. The summed E-state index contributed by atoms with van der Waals surface area (Å²) in [5, 5.41) is 0.261. The number of amides is 1. The Morgan fingerprint density at radius 2 is 2.03 bits per heavy atom. The van der Waals surface area contributed by atoms with Gasteiger partial charge in [-0.2, -0.15) is 0 Å². The van der Waals surface area contributed by atoms with E-state index in [4.69, 9.17) is 9.29 Å². The van der Waals surface area contributed by atoms with Crippen LogP contribution in [0.2, 0.25) is 0 Å². The molecule has 0 spiro atoms. The van der Waals surface area contributed by atoms with Gasteiger partial charge >= 0.3 is 6.09 Å². The number of thiophene rings is 1. The van der Waals surface area contributed by atoms with E-state index in [9.17, 15) is 9.00 Å². The minimum Gasteiger partial charge on any atom is -0.398 e. The topological polar surface area (TPSA) is 84.7 Å². The van der Waals surface area contributed by atoms with Gasteiger partial charge in [-0.3, -0.25) is 4.55 Å². The monoisotopic (exact) mass is 493 g/mol. The van der Waals surface area contributed by atoms with Crippen LogP contribution >= 0.6 is 11.3 Å². The van der Waals surface area contributed by atoms with Gasteiger partial charge in [-0.1, -0.05) is 39.8 Å². The van der Waals surface area contributed by atoms with Crippen LogP contribution < -0.4 is 4.74 Å². The largest absolute Gasteiger partial charge is 0.429 e. The molecule has 1 atom stereocenters. The van der Waals surface area contributed by atoms with Crippen LogP contribution in [-0.2, 0) is 24.2 Å². The number of carbonyl (C=O) groups excluding carboxylic acids is 1. The maximum atomic E-state index is 15.1. The standard InChI is InChI=1S/C23H28FN3O4S2/c1-14(2)10-18-12-19(22(32-18)31-23(28)26(5)33(29)30)16-6-7-17(20(24)11-16)13-27-9-8-25-21(27)15(3)4/h6-9,11-12,14-15H,10,13H2,1-5H3,(H,29,30). The molecule has 3 aromatic rings. The Morgan fingerprint density at radius 1 is 1.30 bits per heavy atom. The highest BCUT2D eigenvalue weighted by Crippen LogP contribution is 2.40. The third-order valence-electron chi connectivity index (χ3n) is 5.00. The number of aromatic nitrogens is 2. The van der Waals surface area contributed by atoms with Gasteiger partial charge in [0.05, 0.1) is 6.54 Å². The zero-order valence-corrected chi connectivity index (χ0v) is 20.9. The highest BCUT2D eigenvalue weighted by atomic mass is 32.2. The Balaban J connectivity index is 1.93. The Labute approximate surface area is 199 Å². The van der Waals surface area contributed by atoms with Crippen LogP contribution in [0.25, 0.3) is 11.1 Å². The number of halogens is 1. The second-order valence-electron chi connectivity index (χ2n) is 8.48. The molecule has 1 aromatic carbocycles. The van der Waals surface area contributed by atoms with E-state index in [1.54, 1.807) is 18.3 Å². The van der Waals surface area contributed by atoms with Crippen molar-refractivity contribution in [1.29, 1.82) is 0 Å². The predicted molar refractivity (Wildman–Crippen MR) is 128 cm³/mol. The predicted octanol–water partition coefficient (Wildman–Crippen LogP) is 5.69. The molecular weight excluding hydrogens is 465 g/mol. The zero-order valence-electron chi connectivity index (χ0n) is 19.2. The van der Waals surface area contributed by atoms with E-state index in [1.807, 2.05) is 30.7 Å². The average molecular weight is 494 g/mol. The van der Waals surface area contributed by atoms with Crippen LogP contribution in [0.1, 0.15) is 49.9 Å². The van der Waals surface area contributed by atoms with Crippen molar-refractivity contribution >= 4 is 28.7 Å². The number of hydrogen-bond acceptors (Lipinski definition) is 5. The van der Waals surface area contributed by atoms with Crippen molar-refractivity contribution in [2.24, 2.45) is 5.92 Å². The van der Waals surface area contributed by atoms with E-state index in [2.05, 4.69) is 18.8 Å². The van der Waals surface area contributed by atoms with Crippen molar-refractivity contribution in [2.45, 2.75) is 46.6 Å². The number of ether oxygens (including phenoxy) is 1. The molecule has 0 radical (unpaired) electrons. The SMILES string of the molecule is CC(C)Cc1cc(-c2ccc(Cn3ccnc3C(C)C)c(F)c2)c(OC(=O)N(C)S(=O)O)s1. The maximum absolute atomic E-state index is 15.1. The van der Waals surface area contributed by atoms with Crippen molar-refractivity contribution in [3.63, 3.8) is 0 Å². The fourth-order valence-electron chi connectivity index (χ4n) is 3.39. The van der Waals surface area contributed by atoms with Crippen LogP contribution in [0.5, 0.6) is 5.06 Å². The summed E-state index contributed by atoms with van der Waals surface area (Å²) in [7, 11) is 1.16. The Hall–Kier alpha value is -2.56. The van der Waals surface area contributed by atoms with Gasteiger partial charge in [-0.05, 0) is 30.0 Å². The molecule has 3 rings (SSSR count). The van der Waals surface area contributed by atoms with Crippen molar-refractivity contribution < 1.29 is 22.7 Å². The number of hydrogen-bond donors (Lipinski definition) is 1. The summed E-state index contributed by atoms with van der Waals surface area (Å²) >= 11 is -1.23. The van der Waals surface area contributed by atoms with Gasteiger partial charge in [0.15, 0.2) is 5.06 Å². The molecule has 178 valence electrons. The van der Waals surface area contributed by atoms with E-state index in [-0.39, 0.29) is 16.8 Å². The lowest BCUT2D eigenvalue weighted by atomic mass is 10.0. The number of benzene rings is 1. The molecular formula is C23H28FN3O4S2. The van der Waals surface area contributed by atoms with Crippen molar-refractivity contribution in [3.8, 4) is 16.2 Å². The second-order valence-corrected chi connectivity index (χ2v) is 10.6. The third-order valence-corrected chi connectivity index (χ3v) is 6.65. The van der Waals surface area contributed by atoms with Gasteiger partial charge in [0.25, 0.3) is 11.3 Å². The van der Waals surface area contributed by atoms with Gasteiger partial charge in [0.1, 0.15) is 11.6 Å². The normalized spacial score (nSPS) is 12.4. The molecule has 10 heteroatoms. The fourth-order valence-corrected chi connectivity index (χ4v) is 4.79. The summed E-state index contributed by atoms with van der Waals surface area (Å²) in [5.41, 5.74) is 1.65. The molecule has 0 aliphatic carbocycles. The van der Waals surface area contributed by atoms with Crippen molar-refractivity contribution in [3.05, 3.63) is 58.7 Å².